The lowest BCUT2D eigenvalue weighted by Crippen LogP contribution is -2.31. The van der Waals surface area contributed by atoms with Crippen LogP contribution in [0.5, 0.6) is 0 Å². The second-order valence-corrected chi connectivity index (χ2v) is 6.17. The summed E-state index contributed by atoms with van der Waals surface area (Å²) in [7, 11) is 0. The number of para-hydroxylation sites is 1. The molecule has 0 radical (unpaired) electrons. The van der Waals surface area contributed by atoms with Gasteiger partial charge in [0, 0.05) is 25.0 Å². The number of rotatable bonds is 3. The number of hydrogen-bond acceptors (Lipinski definition) is 3. The van der Waals surface area contributed by atoms with Gasteiger partial charge in [0.2, 0.25) is 0 Å². The number of aromatic nitrogens is 1. The van der Waals surface area contributed by atoms with Crippen LogP contribution in [0.15, 0.2) is 72.9 Å². The zero-order valence-corrected chi connectivity index (χ0v) is 13.9. The molecule has 2 heterocycles. The number of benzene rings is 2. The highest BCUT2D eigenvalue weighted by Crippen LogP contribution is 2.23. The number of amides is 1. The van der Waals surface area contributed by atoms with E-state index in [1.54, 1.807) is 6.20 Å². The lowest BCUT2D eigenvalue weighted by Gasteiger charge is -2.29. The Hall–Kier alpha value is -3.14. The molecule has 1 aliphatic heterocycles. The zero-order chi connectivity index (χ0) is 17.1. The molecule has 1 amide bonds. The van der Waals surface area contributed by atoms with Crippen molar-refractivity contribution in [1.82, 2.24) is 4.98 Å². The molecule has 0 unspecified atom stereocenters. The smallest absolute Gasteiger partial charge is 0.257 e. The molecular formula is C21H19N3O. The van der Waals surface area contributed by atoms with Crippen LogP contribution < -0.4 is 10.2 Å². The Morgan fingerprint density at radius 2 is 1.68 bits per heavy atom. The standard InChI is InChI=1S/C21H19N3O/c25-21(23-19-8-2-1-3-9-19)17-10-11-20(22-14-17)24-13-12-16-6-4-5-7-18(16)15-24/h1-11,14H,12-13,15H2,(H,23,25). The molecule has 25 heavy (non-hydrogen) atoms. The van der Waals surface area contributed by atoms with E-state index in [0.29, 0.717) is 5.56 Å². The van der Waals surface area contributed by atoms with E-state index in [9.17, 15) is 4.79 Å². The zero-order valence-electron chi connectivity index (χ0n) is 13.9. The van der Waals surface area contributed by atoms with Gasteiger partial charge < -0.3 is 10.2 Å². The van der Waals surface area contributed by atoms with Gasteiger partial charge in [0.15, 0.2) is 0 Å². The molecule has 4 rings (SSSR count). The molecule has 2 aromatic carbocycles. The van der Waals surface area contributed by atoms with Crippen LogP contribution in [0.25, 0.3) is 0 Å². The second-order valence-electron chi connectivity index (χ2n) is 6.17. The number of pyridine rings is 1. The van der Waals surface area contributed by atoms with E-state index < -0.39 is 0 Å². The molecule has 0 bridgehead atoms. The van der Waals surface area contributed by atoms with Crippen LogP contribution in [0.4, 0.5) is 11.5 Å². The molecule has 0 spiro atoms. The summed E-state index contributed by atoms with van der Waals surface area (Å²) >= 11 is 0. The number of anilines is 2. The average Bonchev–Trinajstić information content (AvgIpc) is 2.68. The normalized spacial score (nSPS) is 13.2. The SMILES string of the molecule is O=C(Nc1ccccc1)c1ccc(N2CCc3ccccc3C2)nc1. The molecule has 0 atom stereocenters. The van der Waals surface area contributed by atoms with Crippen molar-refractivity contribution >= 4 is 17.4 Å². The number of nitrogens with zero attached hydrogens (tertiary/aromatic N) is 2. The molecule has 0 saturated heterocycles. The predicted molar refractivity (Wildman–Crippen MR) is 99.8 cm³/mol. The number of fused-ring (bicyclic) bond motifs is 1. The van der Waals surface area contributed by atoms with Crippen molar-refractivity contribution in [2.75, 3.05) is 16.8 Å². The topological polar surface area (TPSA) is 45.2 Å². The van der Waals surface area contributed by atoms with E-state index in [-0.39, 0.29) is 5.91 Å². The predicted octanol–water partition coefficient (Wildman–Crippen LogP) is 3.90. The third kappa shape index (κ3) is 3.38. The molecule has 4 nitrogen and oxygen atoms in total. The summed E-state index contributed by atoms with van der Waals surface area (Å²) in [4.78, 5) is 19.1. The highest BCUT2D eigenvalue weighted by atomic mass is 16.1. The van der Waals surface area contributed by atoms with E-state index in [2.05, 4.69) is 39.5 Å². The van der Waals surface area contributed by atoms with Crippen LogP contribution in [0, 0.1) is 0 Å². The molecule has 1 N–H and O–H groups in total. The van der Waals surface area contributed by atoms with Gasteiger partial charge in [-0.3, -0.25) is 4.79 Å². The van der Waals surface area contributed by atoms with E-state index in [0.717, 1.165) is 31.0 Å². The molecule has 1 aromatic heterocycles. The first-order valence-electron chi connectivity index (χ1n) is 8.44. The number of hydrogen-bond donors (Lipinski definition) is 1. The van der Waals surface area contributed by atoms with Crippen LogP contribution >= 0.6 is 0 Å². The number of carbonyl (C=O) groups is 1. The molecule has 0 fully saturated rings. The van der Waals surface area contributed by atoms with Crippen LogP contribution in [-0.4, -0.2) is 17.4 Å². The third-order valence-corrected chi connectivity index (χ3v) is 4.50. The van der Waals surface area contributed by atoms with Gasteiger partial charge in [0.05, 0.1) is 5.56 Å². The molecular weight excluding hydrogens is 310 g/mol. The van der Waals surface area contributed by atoms with E-state index in [1.165, 1.54) is 11.1 Å². The van der Waals surface area contributed by atoms with Crippen molar-refractivity contribution in [2.24, 2.45) is 0 Å². The maximum Gasteiger partial charge on any atom is 0.257 e. The maximum atomic E-state index is 12.3. The minimum atomic E-state index is -0.144. The second kappa shape index (κ2) is 6.77. The van der Waals surface area contributed by atoms with Crippen LogP contribution in [-0.2, 0) is 13.0 Å². The van der Waals surface area contributed by atoms with Gasteiger partial charge in [-0.25, -0.2) is 4.98 Å². The largest absolute Gasteiger partial charge is 0.352 e. The summed E-state index contributed by atoms with van der Waals surface area (Å²) in [5.41, 5.74) is 4.10. The number of carbonyl (C=O) groups excluding carboxylic acids is 1. The summed E-state index contributed by atoms with van der Waals surface area (Å²) in [5.74, 6) is 0.764. The molecule has 124 valence electrons. The first-order chi connectivity index (χ1) is 12.3. The van der Waals surface area contributed by atoms with Gasteiger partial charge in [-0.2, -0.15) is 0 Å². The lowest BCUT2D eigenvalue weighted by molar-refractivity contribution is 0.102. The Kier molecular flexibility index (Phi) is 4.17. The molecule has 1 aliphatic rings. The van der Waals surface area contributed by atoms with Gasteiger partial charge in [-0.15, -0.1) is 0 Å². The fourth-order valence-corrected chi connectivity index (χ4v) is 3.12. The minimum absolute atomic E-state index is 0.144. The van der Waals surface area contributed by atoms with E-state index in [4.69, 9.17) is 0 Å². The van der Waals surface area contributed by atoms with Gasteiger partial charge in [0.25, 0.3) is 5.91 Å². The Balaban J connectivity index is 1.46. The lowest BCUT2D eigenvalue weighted by atomic mass is 10.00. The van der Waals surface area contributed by atoms with Crippen molar-refractivity contribution in [3.63, 3.8) is 0 Å². The van der Waals surface area contributed by atoms with Crippen molar-refractivity contribution in [3.8, 4) is 0 Å². The van der Waals surface area contributed by atoms with Gasteiger partial charge in [-0.05, 0) is 41.8 Å². The van der Waals surface area contributed by atoms with Crippen LogP contribution in [0.2, 0.25) is 0 Å². The van der Waals surface area contributed by atoms with E-state index >= 15 is 0 Å². The third-order valence-electron chi connectivity index (χ3n) is 4.50. The van der Waals surface area contributed by atoms with Crippen LogP contribution in [0.1, 0.15) is 21.5 Å². The fraction of sp³-hybridized carbons (Fsp3) is 0.143. The molecule has 3 aromatic rings. The summed E-state index contributed by atoms with van der Waals surface area (Å²) in [5, 5.41) is 2.88. The fourth-order valence-electron chi connectivity index (χ4n) is 3.12. The highest BCUT2D eigenvalue weighted by molar-refractivity contribution is 6.04. The van der Waals surface area contributed by atoms with Crippen molar-refractivity contribution < 1.29 is 4.79 Å². The van der Waals surface area contributed by atoms with Gasteiger partial charge >= 0.3 is 0 Å². The first kappa shape index (κ1) is 15.4. The summed E-state index contributed by atoms with van der Waals surface area (Å²) in [6, 6.07) is 21.7. The highest BCUT2D eigenvalue weighted by Gasteiger charge is 2.17. The monoisotopic (exact) mass is 329 g/mol. The Morgan fingerprint density at radius 3 is 2.44 bits per heavy atom. The Morgan fingerprint density at radius 1 is 0.920 bits per heavy atom. The van der Waals surface area contributed by atoms with Gasteiger partial charge in [0.1, 0.15) is 5.82 Å². The molecule has 0 aliphatic carbocycles. The summed E-state index contributed by atoms with van der Waals surface area (Å²) < 4.78 is 0. The average molecular weight is 329 g/mol. The summed E-state index contributed by atoms with van der Waals surface area (Å²) in [6.45, 7) is 1.80. The quantitative estimate of drug-likeness (QED) is 0.793. The van der Waals surface area contributed by atoms with Crippen molar-refractivity contribution in [1.29, 1.82) is 0 Å². The Bertz CT molecular complexity index is 875. The van der Waals surface area contributed by atoms with E-state index in [1.807, 2.05) is 42.5 Å². The number of nitrogens with one attached hydrogen (secondary N) is 1. The molecule has 0 saturated carbocycles. The van der Waals surface area contributed by atoms with Gasteiger partial charge in [-0.1, -0.05) is 42.5 Å². The maximum absolute atomic E-state index is 12.3. The van der Waals surface area contributed by atoms with Crippen molar-refractivity contribution in [3.05, 3.63) is 89.6 Å². The molecule has 4 heteroatoms. The Labute approximate surface area is 147 Å². The first-order valence-corrected chi connectivity index (χ1v) is 8.44. The van der Waals surface area contributed by atoms with Crippen molar-refractivity contribution in [2.45, 2.75) is 13.0 Å². The van der Waals surface area contributed by atoms with Crippen LogP contribution in [0.3, 0.4) is 0 Å². The summed E-state index contributed by atoms with van der Waals surface area (Å²) in [6.07, 6.45) is 2.67. The minimum Gasteiger partial charge on any atom is -0.352 e.